The van der Waals surface area contributed by atoms with Crippen LogP contribution in [0.15, 0.2) is 42.6 Å². The van der Waals surface area contributed by atoms with Crippen LogP contribution in [0.25, 0.3) is 10.9 Å². The van der Waals surface area contributed by atoms with Crippen LogP contribution in [0.5, 0.6) is 0 Å². The van der Waals surface area contributed by atoms with E-state index in [0.29, 0.717) is 40.2 Å². The van der Waals surface area contributed by atoms with Crippen LogP contribution in [0, 0.1) is 11.8 Å². The molecule has 3 N–H and O–H groups in total. The van der Waals surface area contributed by atoms with E-state index in [1.165, 1.54) is 19.3 Å². The number of sulfone groups is 1. The van der Waals surface area contributed by atoms with E-state index in [1.54, 1.807) is 30.3 Å². The number of benzene rings is 1. The fourth-order valence-electron chi connectivity index (χ4n) is 4.19. The maximum Gasteiger partial charge on any atom is 0.406 e. The van der Waals surface area contributed by atoms with Gasteiger partial charge in [0.15, 0.2) is 0 Å². The summed E-state index contributed by atoms with van der Waals surface area (Å²) >= 11 is 0. The SMILES string of the molecule is CN(O)C(=O)c1ccc(NCC#Cc2cc3c(NC4CCS(=O)(=O)CC4)cccc3n2CC(F)(F)F)cn1. The molecule has 0 saturated carbocycles. The smallest absolute Gasteiger partial charge is 0.382 e. The minimum absolute atomic E-state index is 0.0440. The predicted molar refractivity (Wildman–Crippen MR) is 137 cm³/mol. The van der Waals surface area contributed by atoms with Gasteiger partial charge in [-0.3, -0.25) is 10.0 Å². The number of hydrogen-bond donors (Lipinski definition) is 3. The van der Waals surface area contributed by atoms with Crippen molar-refractivity contribution in [1.29, 1.82) is 0 Å². The monoisotopic (exact) mass is 549 g/mol. The minimum Gasteiger partial charge on any atom is -0.382 e. The molecule has 1 fully saturated rings. The number of anilines is 2. The Balaban J connectivity index is 1.54. The summed E-state index contributed by atoms with van der Waals surface area (Å²) < 4.78 is 64.8. The van der Waals surface area contributed by atoms with Gasteiger partial charge in [-0.15, -0.1) is 0 Å². The Morgan fingerprint density at radius 3 is 2.61 bits per heavy atom. The topological polar surface area (TPSA) is 117 Å². The number of carbonyl (C=O) groups excluding carboxylic acids is 1. The molecule has 1 amide bonds. The van der Waals surface area contributed by atoms with Crippen LogP contribution in [-0.4, -0.2) is 71.5 Å². The quantitative estimate of drug-likeness (QED) is 0.245. The van der Waals surface area contributed by atoms with Gasteiger partial charge in [-0.2, -0.15) is 13.2 Å². The Morgan fingerprint density at radius 2 is 1.97 bits per heavy atom. The molecule has 3 heterocycles. The van der Waals surface area contributed by atoms with E-state index in [0.717, 1.165) is 4.57 Å². The molecule has 0 bridgehead atoms. The predicted octanol–water partition coefficient (Wildman–Crippen LogP) is 3.51. The number of alkyl halides is 3. The number of amides is 1. The molecule has 38 heavy (non-hydrogen) atoms. The summed E-state index contributed by atoms with van der Waals surface area (Å²) in [6, 6.07) is 9.51. The van der Waals surface area contributed by atoms with E-state index >= 15 is 0 Å². The van der Waals surface area contributed by atoms with Crippen molar-refractivity contribution >= 4 is 38.0 Å². The van der Waals surface area contributed by atoms with Crippen molar-refractivity contribution in [1.82, 2.24) is 14.6 Å². The first-order valence-electron chi connectivity index (χ1n) is 11.7. The van der Waals surface area contributed by atoms with E-state index in [4.69, 9.17) is 0 Å². The number of nitrogens with zero attached hydrogens (tertiary/aromatic N) is 3. The number of hydroxylamine groups is 2. The van der Waals surface area contributed by atoms with Crippen LogP contribution in [0.2, 0.25) is 0 Å². The van der Waals surface area contributed by atoms with Crippen molar-refractivity contribution in [2.45, 2.75) is 31.6 Å². The van der Waals surface area contributed by atoms with E-state index < -0.39 is 28.5 Å². The molecule has 4 rings (SSSR count). The van der Waals surface area contributed by atoms with Gasteiger partial charge in [0, 0.05) is 24.2 Å². The first-order valence-corrected chi connectivity index (χ1v) is 13.6. The maximum absolute atomic E-state index is 13.4. The number of aromatic nitrogens is 2. The molecule has 13 heteroatoms. The molecule has 0 unspecified atom stereocenters. The Hall–Kier alpha value is -3.76. The standard InChI is InChI=1S/C25H26F3N5O4S/c1-32(35)24(34)22-8-7-18(15-30-22)29-11-3-4-19-14-20-21(31-17-9-12-38(36,37)13-10-17)5-2-6-23(20)33(19)16-25(26,27)28/h2,5-8,14-15,17,29,31,35H,9-13,16H2,1H3. The summed E-state index contributed by atoms with van der Waals surface area (Å²) in [5.41, 5.74) is 1.76. The van der Waals surface area contributed by atoms with E-state index in [1.807, 2.05) is 0 Å². The molecule has 1 saturated heterocycles. The van der Waals surface area contributed by atoms with Crippen LogP contribution in [-0.2, 0) is 16.4 Å². The molecule has 1 aliphatic heterocycles. The first-order chi connectivity index (χ1) is 17.9. The third kappa shape index (κ3) is 6.76. The summed E-state index contributed by atoms with van der Waals surface area (Å²) in [5, 5.41) is 16.5. The summed E-state index contributed by atoms with van der Waals surface area (Å²) in [7, 11) is -1.85. The molecule has 0 atom stereocenters. The molecule has 0 spiro atoms. The third-order valence-electron chi connectivity index (χ3n) is 6.07. The van der Waals surface area contributed by atoms with Gasteiger partial charge >= 0.3 is 6.18 Å². The fourth-order valence-corrected chi connectivity index (χ4v) is 5.68. The Labute approximate surface area is 217 Å². The van der Waals surface area contributed by atoms with Crippen LogP contribution in [0.3, 0.4) is 0 Å². The average Bonchev–Trinajstić information content (AvgIpc) is 3.19. The molecule has 1 aliphatic rings. The molecule has 9 nitrogen and oxygen atoms in total. The number of nitrogens with one attached hydrogen (secondary N) is 2. The van der Waals surface area contributed by atoms with Crippen molar-refractivity contribution in [2.75, 3.05) is 35.7 Å². The molecular weight excluding hydrogens is 523 g/mol. The van der Waals surface area contributed by atoms with Crippen molar-refractivity contribution in [3.05, 3.63) is 54.0 Å². The second-order valence-corrected chi connectivity index (χ2v) is 11.3. The molecule has 0 aliphatic carbocycles. The molecule has 2 aromatic heterocycles. The van der Waals surface area contributed by atoms with Gasteiger partial charge in [0.2, 0.25) is 0 Å². The van der Waals surface area contributed by atoms with Gasteiger partial charge in [-0.25, -0.2) is 18.5 Å². The Bertz CT molecular complexity index is 1480. The third-order valence-corrected chi connectivity index (χ3v) is 7.79. The van der Waals surface area contributed by atoms with Crippen LogP contribution < -0.4 is 10.6 Å². The average molecular weight is 550 g/mol. The number of fused-ring (bicyclic) bond motifs is 1. The summed E-state index contributed by atoms with van der Waals surface area (Å²) in [6.07, 6.45) is -2.22. The Kier molecular flexibility index (Phi) is 7.84. The fraction of sp³-hybridized carbons (Fsp3) is 0.360. The van der Waals surface area contributed by atoms with Gasteiger partial charge in [0.25, 0.3) is 5.91 Å². The number of halogens is 3. The summed E-state index contributed by atoms with van der Waals surface area (Å²) in [4.78, 5) is 15.7. The van der Waals surface area contributed by atoms with Gasteiger partial charge < -0.3 is 15.2 Å². The second-order valence-electron chi connectivity index (χ2n) is 8.96. The van der Waals surface area contributed by atoms with Crippen molar-refractivity contribution in [2.24, 2.45) is 0 Å². The highest BCUT2D eigenvalue weighted by atomic mass is 32.2. The molecule has 1 aromatic carbocycles. The zero-order valence-corrected chi connectivity index (χ0v) is 21.2. The lowest BCUT2D eigenvalue weighted by Crippen LogP contribution is -2.32. The van der Waals surface area contributed by atoms with Crippen molar-refractivity contribution in [3.63, 3.8) is 0 Å². The minimum atomic E-state index is -4.46. The van der Waals surface area contributed by atoms with Crippen molar-refractivity contribution < 1.29 is 31.6 Å². The van der Waals surface area contributed by atoms with Gasteiger partial charge in [0.05, 0.1) is 41.1 Å². The highest BCUT2D eigenvalue weighted by Crippen LogP contribution is 2.31. The molecule has 202 valence electrons. The molecule has 0 radical (unpaired) electrons. The van der Waals surface area contributed by atoms with Crippen LogP contribution in [0.1, 0.15) is 29.0 Å². The maximum atomic E-state index is 13.4. The van der Waals surface area contributed by atoms with Crippen molar-refractivity contribution in [3.8, 4) is 11.8 Å². The largest absolute Gasteiger partial charge is 0.406 e. The van der Waals surface area contributed by atoms with E-state index in [9.17, 15) is 31.6 Å². The number of hydrogen-bond acceptors (Lipinski definition) is 7. The van der Waals surface area contributed by atoms with Gasteiger partial charge in [-0.05, 0) is 49.1 Å². The number of carbonyl (C=O) groups is 1. The zero-order chi connectivity index (χ0) is 27.5. The van der Waals surface area contributed by atoms with E-state index in [2.05, 4.69) is 27.5 Å². The summed E-state index contributed by atoms with van der Waals surface area (Å²) in [6.45, 7) is -1.11. The second kappa shape index (κ2) is 10.9. The van der Waals surface area contributed by atoms with Crippen LogP contribution in [0.4, 0.5) is 24.5 Å². The van der Waals surface area contributed by atoms with E-state index in [-0.39, 0.29) is 35.5 Å². The summed E-state index contributed by atoms with van der Waals surface area (Å²) in [5.74, 6) is 5.12. The Morgan fingerprint density at radius 1 is 1.24 bits per heavy atom. The van der Waals surface area contributed by atoms with Crippen LogP contribution >= 0.6 is 0 Å². The van der Waals surface area contributed by atoms with Gasteiger partial charge in [-0.1, -0.05) is 12.0 Å². The normalized spacial score (nSPS) is 15.5. The molecular formula is C25H26F3N5O4S. The molecule has 3 aromatic rings. The lowest BCUT2D eigenvalue weighted by atomic mass is 10.1. The number of pyridine rings is 1. The number of rotatable bonds is 6. The lowest BCUT2D eigenvalue weighted by Gasteiger charge is -2.24. The first kappa shape index (κ1) is 27.3. The lowest BCUT2D eigenvalue weighted by molar-refractivity contribution is -0.140. The highest BCUT2D eigenvalue weighted by molar-refractivity contribution is 7.91. The highest BCUT2D eigenvalue weighted by Gasteiger charge is 2.30. The van der Waals surface area contributed by atoms with Gasteiger partial charge in [0.1, 0.15) is 22.1 Å². The zero-order valence-electron chi connectivity index (χ0n) is 20.4.